The number of hydrogen-bond acceptors (Lipinski definition) is 3. The van der Waals surface area contributed by atoms with E-state index in [0.29, 0.717) is 35.2 Å². The number of ether oxygens (including phenoxy) is 2. The van der Waals surface area contributed by atoms with Crippen LogP contribution in [0.5, 0.6) is 11.5 Å². The average molecular weight is 424 g/mol. The van der Waals surface area contributed by atoms with E-state index in [9.17, 15) is 13.2 Å². The van der Waals surface area contributed by atoms with Gasteiger partial charge >= 0.3 is 6.18 Å². The molecule has 0 aliphatic carbocycles. The Morgan fingerprint density at radius 2 is 1.68 bits per heavy atom. The fourth-order valence-corrected chi connectivity index (χ4v) is 3.15. The molecule has 0 saturated heterocycles. The van der Waals surface area contributed by atoms with Gasteiger partial charge in [-0.25, -0.2) is 4.98 Å². The molecule has 0 fully saturated rings. The lowest BCUT2D eigenvalue weighted by Gasteiger charge is -2.11. The molecule has 158 valence electrons. The number of aromatic nitrogens is 2. The van der Waals surface area contributed by atoms with E-state index in [4.69, 9.17) is 9.47 Å². The van der Waals surface area contributed by atoms with Gasteiger partial charge in [0.15, 0.2) is 0 Å². The molecule has 31 heavy (non-hydrogen) atoms. The average Bonchev–Trinajstić information content (AvgIpc) is 3.28. The molecule has 1 N–H and O–H groups in total. The Morgan fingerprint density at radius 3 is 2.35 bits per heavy atom. The first-order valence-corrected chi connectivity index (χ1v) is 9.52. The van der Waals surface area contributed by atoms with Crippen molar-refractivity contribution in [2.24, 2.45) is 0 Å². The minimum atomic E-state index is -4.37. The molecular weight excluding hydrogens is 405 g/mol. The molecule has 4 aromatic rings. The van der Waals surface area contributed by atoms with E-state index in [2.05, 4.69) is 9.97 Å². The number of rotatable bonds is 6. The van der Waals surface area contributed by atoms with Crippen LogP contribution in [0.2, 0.25) is 0 Å². The summed E-state index contributed by atoms with van der Waals surface area (Å²) in [6.45, 7) is 0.436. The van der Waals surface area contributed by atoms with Gasteiger partial charge in [0.1, 0.15) is 23.9 Å². The number of methoxy groups -OCH3 is 1. The predicted octanol–water partition coefficient (Wildman–Crippen LogP) is 6.35. The first-order valence-electron chi connectivity index (χ1n) is 9.52. The maximum absolute atomic E-state index is 12.8. The summed E-state index contributed by atoms with van der Waals surface area (Å²) in [6.07, 6.45) is -2.75. The summed E-state index contributed by atoms with van der Waals surface area (Å²) in [5.41, 5.74) is 2.36. The van der Waals surface area contributed by atoms with Crippen molar-refractivity contribution in [2.75, 3.05) is 7.11 Å². The summed E-state index contributed by atoms with van der Waals surface area (Å²) in [4.78, 5) is 7.45. The summed E-state index contributed by atoms with van der Waals surface area (Å²) in [5.74, 6) is 1.72. The third-order valence-corrected chi connectivity index (χ3v) is 4.77. The lowest BCUT2D eigenvalue weighted by Crippen LogP contribution is -2.04. The zero-order valence-corrected chi connectivity index (χ0v) is 16.6. The Labute approximate surface area is 177 Å². The summed E-state index contributed by atoms with van der Waals surface area (Å²) >= 11 is 0. The van der Waals surface area contributed by atoms with Gasteiger partial charge in [0.25, 0.3) is 0 Å². The maximum Gasteiger partial charge on any atom is 0.416 e. The van der Waals surface area contributed by atoms with Crippen LogP contribution in [0.4, 0.5) is 13.2 Å². The smallest absolute Gasteiger partial charge is 0.416 e. The number of halogens is 3. The lowest BCUT2D eigenvalue weighted by molar-refractivity contribution is -0.137. The minimum absolute atomic E-state index is 0.436. The molecule has 4 nitrogen and oxygen atoms in total. The van der Waals surface area contributed by atoms with E-state index in [-0.39, 0.29) is 0 Å². The van der Waals surface area contributed by atoms with Gasteiger partial charge in [-0.3, -0.25) is 0 Å². The van der Waals surface area contributed by atoms with E-state index in [1.807, 2.05) is 42.5 Å². The first kappa shape index (κ1) is 20.5. The fourth-order valence-electron chi connectivity index (χ4n) is 3.15. The molecule has 0 amide bonds. The van der Waals surface area contributed by atoms with Crippen molar-refractivity contribution in [3.05, 3.63) is 90.1 Å². The summed E-state index contributed by atoms with van der Waals surface area (Å²) in [7, 11) is 1.56. The van der Waals surface area contributed by atoms with Crippen LogP contribution in [0.3, 0.4) is 0 Å². The number of nitrogens with one attached hydrogen (secondary N) is 1. The molecule has 0 saturated carbocycles. The van der Waals surface area contributed by atoms with Crippen molar-refractivity contribution in [3.8, 4) is 34.1 Å². The van der Waals surface area contributed by atoms with Crippen LogP contribution >= 0.6 is 0 Å². The molecule has 0 unspecified atom stereocenters. The third kappa shape index (κ3) is 4.71. The number of benzene rings is 3. The maximum atomic E-state index is 12.8. The largest absolute Gasteiger partial charge is 0.496 e. The Bertz CT molecular complexity index is 1150. The second-order valence-electron chi connectivity index (χ2n) is 6.86. The lowest BCUT2D eigenvalue weighted by atomic mass is 10.1. The molecule has 0 radical (unpaired) electrons. The highest BCUT2D eigenvalue weighted by Gasteiger charge is 2.30. The zero-order chi connectivity index (χ0) is 21.8. The van der Waals surface area contributed by atoms with Crippen LogP contribution in [-0.2, 0) is 12.8 Å². The van der Waals surface area contributed by atoms with Crippen molar-refractivity contribution in [1.29, 1.82) is 0 Å². The van der Waals surface area contributed by atoms with Crippen molar-refractivity contribution in [3.63, 3.8) is 0 Å². The SMILES string of the molecule is COc1cc(OCc2ccccc2)ccc1-c1cnc(-c2ccc(C(F)(F)F)cc2)[nH]1. The van der Waals surface area contributed by atoms with Gasteiger partial charge < -0.3 is 14.5 Å². The second kappa shape index (κ2) is 8.55. The highest BCUT2D eigenvalue weighted by atomic mass is 19.4. The van der Waals surface area contributed by atoms with Gasteiger partial charge in [0.05, 0.1) is 24.6 Å². The summed E-state index contributed by atoms with van der Waals surface area (Å²) in [6, 6.07) is 20.2. The standard InChI is InChI=1S/C24H19F3N2O2/c1-30-22-13-19(31-15-16-5-3-2-4-6-16)11-12-20(22)21-14-28-23(29-21)17-7-9-18(10-8-17)24(25,26)27/h2-14H,15H2,1H3,(H,28,29). The van der Waals surface area contributed by atoms with E-state index < -0.39 is 11.7 Å². The molecule has 1 heterocycles. The molecule has 0 bridgehead atoms. The van der Waals surface area contributed by atoms with Gasteiger partial charge in [0.2, 0.25) is 0 Å². The van der Waals surface area contributed by atoms with Crippen LogP contribution in [-0.4, -0.2) is 17.1 Å². The van der Waals surface area contributed by atoms with E-state index >= 15 is 0 Å². The van der Waals surface area contributed by atoms with Crippen molar-refractivity contribution in [2.45, 2.75) is 12.8 Å². The number of imidazole rings is 1. The molecule has 0 atom stereocenters. The number of H-pyrrole nitrogens is 1. The van der Waals surface area contributed by atoms with Crippen LogP contribution in [0.25, 0.3) is 22.6 Å². The quantitative estimate of drug-likeness (QED) is 0.392. The molecular formula is C24H19F3N2O2. The van der Waals surface area contributed by atoms with Crippen LogP contribution < -0.4 is 9.47 Å². The van der Waals surface area contributed by atoms with Crippen molar-refractivity contribution >= 4 is 0 Å². The predicted molar refractivity (Wildman–Crippen MR) is 112 cm³/mol. The van der Waals surface area contributed by atoms with Gasteiger partial charge in [-0.2, -0.15) is 13.2 Å². The Balaban J connectivity index is 1.54. The Morgan fingerprint density at radius 1 is 0.935 bits per heavy atom. The zero-order valence-electron chi connectivity index (χ0n) is 16.6. The van der Waals surface area contributed by atoms with Gasteiger partial charge in [0, 0.05) is 17.2 Å². The van der Waals surface area contributed by atoms with Crippen LogP contribution in [0.1, 0.15) is 11.1 Å². The molecule has 7 heteroatoms. The highest BCUT2D eigenvalue weighted by Crippen LogP contribution is 2.34. The monoisotopic (exact) mass is 424 g/mol. The van der Waals surface area contributed by atoms with Crippen molar-refractivity contribution < 1.29 is 22.6 Å². The molecule has 0 aliphatic rings. The fraction of sp³-hybridized carbons (Fsp3) is 0.125. The van der Waals surface area contributed by atoms with Crippen LogP contribution in [0.15, 0.2) is 79.0 Å². The van der Waals surface area contributed by atoms with Crippen LogP contribution in [0, 0.1) is 0 Å². The third-order valence-electron chi connectivity index (χ3n) is 4.77. The van der Waals surface area contributed by atoms with Gasteiger partial charge in [-0.1, -0.05) is 42.5 Å². The molecule has 0 aliphatic heterocycles. The normalized spacial score (nSPS) is 11.4. The number of nitrogens with zero attached hydrogens (tertiary/aromatic N) is 1. The molecule has 1 aromatic heterocycles. The van der Waals surface area contributed by atoms with Gasteiger partial charge in [-0.05, 0) is 29.8 Å². The molecule has 4 rings (SSSR count). The summed E-state index contributed by atoms with van der Waals surface area (Å²) < 4.78 is 49.7. The van der Waals surface area contributed by atoms with Crippen molar-refractivity contribution in [1.82, 2.24) is 9.97 Å². The highest BCUT2D eigenvalue weighted by molar-refractivity contribution is 5.71. The summed E-state index contributed by atoms with van der Waals surface area (Å²) in [5, 5.41) is 0. The van der Waals surface area contributed by atoms with E-state index in [0.717, 1.165) is 23.3 Å². The van der Waals surface area contributed by atoms with E-state index in [1.54, 1.807) is 19.4 Å². The number of alkyl halides is 3. The Kier molecular flexibility index (Phi) is 5.66. The number of hydrogen-bond donors (Lipinski definition) is 1. The molecule has 3 aromatic carbocycles. The Hall–Kier alpha value is -3.74. The number of aromatic amines is 1. The van der Waals surface area contributed by atoms with E-state index in [1.165, 1.54) is 12.1 Å². The topological polar surface area (TPSA) is 47.1 Å². The second-order valence-corrected chi connectivity index (χ2v) is 6.86. The minimum Gasteiger partial charge on any atom is -0.496 e. The van der Waals surface area contributed by atoms with Gasteiger partial charge in [-0.15, -0.1) is 0 Å². The molecule has 0 spiro atoms. The first-order chi connectivity index (χ1) is 14.9.